The summed E-state index contributed by atoms with van der Waals surface area (Å²) in [4.78, 5) is 6.00. The summed E-state index contributed by atoms with van der Waals surface area (Å²) in [6.45, 7) is 1.12. The first-order valence-corrected chi connectivity index (χ1v) is 7.04. The van der Waals surface area contributed by atoms with Gasteiger partial charge in [0.1, 0.15) is 10.3 Å². The number of rotatable bonds is 5. The zero-order chi connectivity index (χ0) is 14.5. The van der Waals surface area contributed by atoms with E-state index in [-0.39, 0.29) is 0 Å². The van der Waals surface area contributed by atoms with Gasteiger partial charge in [-0.05, 0) is 18.7 Å². The number of likely N-dealkylation sites (N-methyl/N-ethyl adjacent to an activating group) is 1. The third-order valence-electron chi connectivity index (χ3n) is 3.00. The topological polar surface area (TPSA) is 36.4 Å². The van der Waals surface area contributed by atoms with Gasteiger partial charge >= 0.3 is 0 Å². The van der Waals surface area contributed by atoms with Gasteiger partial charge in [-0.2, -0.15) is 0 Å². The van der Waals surface area contributed by atoms with Crippen molar-refractivity contribution in [3.8, 4) is 0 Å². The lowest BCUT2D eigenvalue weighted by Gasteiger charge is -2.21. The molecule has 0 aliphatic carbocycles. The zero-order valence-corrected chi connectivity index (χ0v) is 12.6. The minimum absolute atomic E-state index is 0.380. The van der Waals surface area contributed by atoms with Crippen LogP contribution < -0.4 is 0 Å². The maximum Gasteiger partial charge on any atom is 0.135 e. The van der Waals surface area contributed by atoms with Gasteiger partial charge in [0.15, 0.2) is 0 Å². The molecule has 0 unspecified atom stereocenters. The molecular formula is C15H16Cl2N2O. The van der Waals surface area contributed by atoms with Crippen LogP contribution in [0.3, 0.4) is 0 Å². The molecule has 20 heavy (non-hydrogen) atoms. The van der Waals surface area contributed by atoms with Crippen LogP contribution >= 0.6 is 23.2 Å². The molecule has 0 saturated carbocycles. The normalized spacial score (nSPS) is 12.7. The molecule has 0 amide bonds. The van der Waals surface area contributed by atoms with E-state index in [1.807, 2.05) is 48.3 Å². The van der Waals surface area contributed by atoms with Crippen molar-refractivity contribution in [3.63, 3.8) is 0 Å². The summed E-state index contributed by atoms with van der Waals surface area (Å²) in [6.07, 6.45) is -0.528. The Morgan fingerprint density at radius 2 is 1.85 bits per heavy atom. The molecule has 3 nitrogen and oxygen atoms in total. The molecule has 5 heteroatoms. The molecule has 1 atom stereocenters. The van der Waals surface area contributed by atoms with Crippen molar-refractivity contribution in [1.29, 1.82) is 0 Å². The van der Waals surface area contributed by atoms with E-state index in [1.54, 1.807) is 6.07 Å². The lowest BCUT2D eigenvalue weighted by molar-refractivity contribution is 0.124. The molecule has 0 saturated heterocycles. The van der Waals surface area contributed by atoms with Crippen LogP contribution in [0.1, 0.15) is 17.2 Å². The predicted molar refractivity (Wildman–Crippen MR) is 82.0 cm³/mol. The maximum absolute atomic E-state index is 10.2. The van der Waals surface area contributed by atoms with Crippen molar-refractivity contribution in [2.24, 2.45) is 0 Å². The fraction of sp³-hybridized carbons (Fsp3) is 0.267. The maximum atomic E-state index is 10.2. The van der Waals surface area contributed by atoms with Crippen molar-refractivity contribution in [3.05, 3.63) is 63.9 Å². The molecule has 1 N–H and O–H groups in total. The highest BCUT2D eigenvalue weighted by molar-refractivity contribution is 6.32. The Balaban J connectivity index is 1.97. The van der Waals surface area contributed by atoms with Crippen molar-refractivity contribution >= 4 is 23.2 Å². The van der Waals surface area contributed by atoms with Gasteiger partial charge in [-0.15, -0.1) is 0 Å². The number of aliphatic hydroxyl groups is 1. The fourth-order valence-corrected chi connectivity index (χ4v) is 2.39. The van der Waals surface area contributed by atoms with Crippen LogP contribution in [0, 0.1) is 0 Å². The Labute approximate surface area is 128 Å². The zero-order valence-electron chi connectivity index (χ0n) is 11.1. The highest BCUT2D eigenvalue weighted by Crippen LogP contribution is 2.19. The summed E-state index contributed by atoms with van der Waals surface area (Å²) in [5, 5.41) is 11.0. The summed E-state index contributed by atoms with van der Waals surface area (Å²) in [5.41, 5.74) is 1.79. The molecular weight excluding hydrogens is 295 g/mol. The van der Waals surface area contributed by atoms with Crippen LogP contribution in [0.4, 0.5) is 0 Å². The molecule has 106 valence electrons. The van der Waals surface area contributed by atoms with Crippen molar-refractivity contribution in [2.75, 3.05) is 13.6 Å². The third-order valence-corrected chi connectivity index (χ3v) is 3.54. The molecule has 1 heterocycles. The van der Waals surface area contributed by atoms with Gasteiger partial charge in [-0.3, -0.25) is 4.90 Å². The molecule has 2 rings (SSSR count). The Kier molecular flexibility index (Phi) is 5.38. The predicted octanol–water partition coefficient (Wildman–Crippen LogP) is 3.55. The minimum atomic E-state index is -0.528. The van der Waals surface area contributed by atoms with Crippen molar-refractivity contribution < 1.29 is 5.11 Å². The van der Waals surface area contributed by atoms with E-state index in [0.717, 1.165) is 11.1 Å². The summed E-state index contributed by atoms with van der Waals surface area (Å²) < 4.78 is 0. The average molecular weight is 311 g/mol. The summed E-state index contributed by atoms with van der Waals surface area (Å²) >= 11 is 11.8. The van der Waals surface area contributed by atoms with E-state index in [4.69, 9.17) is 23.2 Å². The van der Waals surface area contributed by atoms with Crippen LogP contribution in [0.15, 0.2) is 42.5 Å². The van der Waals surface area contributed by atoms with E-state index in [2.05, 4.69) is 4.98 Å². The Morgan fingerprint density at radius 1 is 1.15 bits per heavy atom. The molecule has 1 aromatic heterocycles. The minimum Gasteiger partial charge on any atom is -0.387 e. The summed E-state index contributed by atoms with van der Waals surface area (Å²) in [5.74, 6) is 0. The fourth-order valence-electron chi connectivity index (χ4n) is 1.99. The van der Waals surface area contributed by atoms with Gasteiger partial charge in [-0.25, -0.2) is 4.98 Å². The van der Waals surface area contributed by atoms with Gasteiger partial charge in [0, 0.05) is 18.7 Å². The van der Waals surface area contributed by atoms with E-state index in [9.17, 15) is 5.11 Å². The summed E-state index contributed by atoms with van der Waals surface area (Å²) in [7, 11) is 1.93. The van der Waals surface area contributed by atoms with Gasteiger partial charge in [0.05, 0.1) is 6.10 Å². The van der Waals surface area contributed by atoms with Crippen LogP contribution in [0.5, 0.6) is 0 Å². The number of hydrogen-bond donors (Lipinski definition) is 1. The van der Waals surface area contributed by atoms with Crippen molar-refractivity contribution in [1.82, 2.24) is 9.88 Å². The molecule has 0 bridgehead atoms. The van der Waals surface area contributed by atoms with Gasteiger partial charge in [0.2, 0.25) is 0 Å². The number of aliphatic hydroxyl groups excluding tert-OH is 1. The second-order valence-corrected chi connectivity index (χ2v) is 5.45. The SMILES string of the molecule is CN(Cc1ccc(Cl)nc1Cl)C[C@H](O)c1ccccc1. The molecule has 0 spiro atoms. The molecule has 0 aliphatic heterocycles. The Morgan fingerprint density at radius 3 is 2.50 bits per heavy atom. The largest absolute Gasteiger partial charge is 0.387 e. The number of nitrogens with zero attached hydrogens (tertiary/aromatic N) is 2. The van der Waals surface area contributed by atoms with E-state index in [0.29, 0.717) is 23.4 Å². The second-order valence-electron chi connectivity index (χ2n) is 4.71. The van der Waals surface area contributed by atoms with Crippen LogP contribution in [-0.2, 0) is 6.54 Å². The smallest absolute Gasteiger partial charge is 0.135 e. The number of pyridine rings is 1. The number of halogens is 2. The van der Waals surface area contributed by atoms with E-state index >= 15 is 0 Å². The van der Waals surface area contributed by atoms with Gasteiger partial charge in [-0.1, -0.05) is 59.6 Å². The molecule has 1 aromatic carbocycles. The third kappa shape index (κ3) is 4.18. The highest BCUT2D eigenvalue weighted by atomic mass is 35.5. The molecule has 0 fully saturated rings. The van der Waals surface area contributed by atoms with Crippen molar-refractivity contribution in [2.45, 2.75) is 12.6 Å². The van der Waals surface area contributed by atoms with E-state index < -0.39 is 6.10 Å². The molecule has 0 radical (unpaired) electrons. The standard InChI is InChI=1S/C15H16Cl2N2O/c1-19(9-12-7-8-14(16)18-15(12)17)10-13(20)11-5-3-2-4-6-11/h2-8,13,20H,9-10H2,1H3/t13-/m0/s1. The van der Waals surface area contributed by atoms with Crippen LogP contribution in [-0.4, -0.2) is 28.6 Å². The van der Waals surface area contributed by atoms with Gasteiger partial charge < -0.3 is 5.11 Å². The Hall–Kier alpha value is -1.13. The first kappa shape index (κ1) is 15.3. The number of aromatic nitrogens is 1. The second kappa shape index (κ2) is 7.04. The summed E-state index contributed by atoms with van der Waals surface area (Å²) in [6, 6.07) is 13.1. The highest BCUT2D eigenvalue weighted by Gasteiger charge is 2.12. The van der Waals surface area contributed by atoms with Crippen LogP contribution in [0.25, 0.3) is 0 Å². The average Bonchev–Trinajstić information content (AvgIpc) is 2.43. The number of benzene rings is 1. The lowest BCUT2D eigenvalue weighted by atomic mass is 10.1. The first-order valence-electron chi connectivity index (χ1n) is 6.28. The molecule has 0 aliphatic rings. The van der Waals surface area contributed by atoms with Crippen LogP contribution in [0.2, 0.25) is 10.3 Å². The first-order chi connectivity index (χ1) is 9.56. The number of hydrogen-bond acceptors (Lipinski definition) is 3. The van der Waals surface area contributed by atoms with E-state index in [1.165, 1.54) is 0 Å². The van der Waals surface area contributed by atoms with Gasteiger partial charge in [0.25, 0.3) is 0 Å². The monoisotopic (exact) mass is 310 g/mol. The lowest BCUT2D eigenvalue weighted by Crippen LogP contribution is -2.24. The quantitative estimate of drug-likeness (QED) is 0.858. The Bertz CT molecular complexity index is 563. The molecule has 2 aromatic rings.